The first-order valence-corrected chi connectivity index (χ1v) is 11.1. The number of fused-ring (bicyclic) bond motifs is 2. The predicted molar refractivity (Wildman–Crippen MR) is 129 cm³/mol. The van der Waals surface area contributed by atoms with E-state index in [0.717, 1.165) is 31.6 Å². The Kier molecular flexibility index (Phi) is 5.54. The highest BCUT2D eigenvalue weighted by Gasteiger charge is 2.19. The van der Waals surface area contributed by atoms with E-state index >= 15 is 0 Å². The minimum Gasteiger partial charge on any atom is -0.496 e. The van der Waals surface area contributed by atoms with Crippen molar-refractivity contribution in [2.24, 2.45) is 5.73 Å². The van der Waals surface area contributed by atoms with Crippen LogP contribution in [0.3, 0.4) is 0 Å². The molecule has 8 nitrogen and oxygen atoms in total. The number of ether oxygens (including phenoxy) is 1. The van der Waals surface area contributed by atoms with Crippen molar-refractivity contribution in [2.75, 3.05) is 18.6 Å². The van der Waals surface area contributed by atoms with Gasteiger partial charge in [-0.05, 0) is 29.0 Å². The Morgan fingerprint density at radius 2 is 1.88 bits per heavy atom. The van der Waals surface area contributed by atoms with E-state index in [-0.39, 0.29) is 6.54 Å². The zero-order valence-electron chi connectivity index (χ0n) is 17.8. The number of hydrogen-bond donors (Lipinski definition) is 1. The summed E-state index contributed by atoms with van der Waals surface area (Å²) >= 11 is 1.56. The summed E-state index contributed by atoms with van der Waals surface area (Å²) in [6, 6.07) is 19.8. The van der Waals surface area contributed by atoms with Crippen LogP contribution in [0.1, 0.15) is 5.01 Å². The van der Waals surface area contributed by atoms with Gasteiger partial charge in [-0.2, -0.15) is 5.10 Å². The molecule has 0 atom stereocenters. The van der Waals surface area contributed by atoms with Crippen LogP contribution in [0.25, 0.3) is 32.2 Å². The largest absolute Gasteiger partial charge is 0.496 e. The van der Waals surface area contributed by atoms with Crippen molar-refractivity contribution >= 4 is 44.2 Å². The summed E-state index contributed by atoms with van der Waals surface area (Å²) in [5.41, 5.74) is 7.84. The van der Waals surface area contributed by atoms with Gasteiger partial charge in [0.2, 0.25) is 11.9 Å². The maximum absolute atomic E-state index is 11.8. The second-order valence-corrected chi connectivity index (χ2v) is 8.52. The lowest BCUT2D eigenvalue weighted by atomic mass is 10.0. The van der Waals surface area contributed by atoms with Gasteiger partial charge in [-0.1, -0.05) is 42.5 Å². The molecule has 164 valence electrons. The molecule has 0 aliphatic carbocycles. The molecule has 0 unspecified atom stereocenters. The quantitative estimate of drug-likeness (QED) is 0.397. The van der Waals surface area contributed by atoms with E-state index in [1.54, 1.807) is 29.5 Å². The molecule has 3 aromatic carbocycles. The number of anilines is 1. The summed E-state index contributed by atoms with van der Waals surface area (Å²) in [5.74, 6) is 0.473. The SMILES string of the molecule is COc1ccc2ccccc2c1-c1cnnc(N(CC(N)=O)Cc2nc3ccccc3s2)n1. The number of rotatable bonds is 7. The molecule has 0 aliphatic heterocycles. The number of carbonyl (C=O) groups excluding carboxylic acids is 1. The van der Waals surface area contributed by atoms with Crippen molar-refractivity contribution in [2.45, 2.75) is 6.54 Å². The van der Waals surface area contributed by atoms with E-state index in [2.05, 4.69) is 15.2 Å². The number of carbonyl (C=O) groups is 1. The molecule has 0 radical (unpaired) electrons. The van der Waals surface area contributed by atoms with Gasteiger partial charge in [0.05, 0.1) is 41.3 Å². The lowest BCUT2D eigenvalue weighted by molar-refractivity contribution is -0.116. The zero-order valence-corrected chi connectivity index (χ0v) is 18.6. The Labute approximate surface area is 193 Å². The van der Waals surface area contributed by atoms with E-state index in [0.29, 0.717) is 23.9 Å². The fourth-order valence-corrected chi connectivity index (χ4v) is 4.75. The second-order valence-electron chi connectivity index (χ2n) is 7.40. The van der Waals surface area contributed by atoms with Gasteiger partial charge in [-0.25, -0.2) is 9.97 Å². The second kappa shape index (κ2) is 8.79. The van der Waals surface area contributed by atoms with Crippen LogP contribution in [0.2, 0.25) is 0 Å². The van der Waals surface area contributed by atoms with Gasteiger partial charge >= 0.3 is 0 Å². The molecule has 0 saturated heterocycles. The van der Waals surface area contributed by atoms with Gasteiger partial charge in [0.1, 0.15) is 17.3 Å². The van der Waals surface area contributed by atoms with Gasteiger partial charge in [-0.15, -0.1) is 16.4 Å². The van der Waals surface area contributed by atoms with Gasteiger partial charge in [0.25, 0.3) is 0 Å². The number of nitrogens with zero attached hydrogens (tertiary/aromatic N) is 5. The highest BCUT2D eigenvalue weighted by atomic mass is 32.1. The van der Waals surface area contributed by atoms with Crippen molar-refractivity contribution < 1.29 is 9.53 Å². The van der Waals surface area contributed by atoms with Crippen LogP contribution >= 0.6 is 11.3 Å². The summed E-state index contributed by atoms with van der Waals surface area (Å²) < 4.78 is 6.69. The standard InChI is InChI=1S/C24H20N6O2S/c1-32-19-11-10-15-6-2-3-7-16(15)23(19)18-12-26-29-24(28-18)30(13-21(25)31)14-22-27-17-8-4-5-9-20(17)33-22/h2-12H,13-14H2,1H3,(H2,25,31). The molecule has 2 heterocycles. The number of para-hydroxylation sites is 1. The summed E-state index contributed by atoms with van der Waals surface area (Å²) in [4.78, 5) is 22.9. The molecule has 5 rings (SSSR count). The highest BCUT2D eigenvalue weighted by molar-refractivity contribution is 7.18. The first kappa shape index (κ1) is 20.8. The highest BCUT2D eigenvalue weighted by Crippen LogP contribution is 2.36. The van der Waals surface area contributed by atoms with E-state index in [1.807, 2.05) is 60.7 Å². The Balaban J connectivity index is 1.57. The Morgan fingerprint density at radius 1 is 1.06 bits per heavy atom. The third-order valence-electron chi connectivity index (χ3n) is 5.21. The number of thiazole rings is 1. The first-order chi connectivity index (χ1) is 16.1. The van der Waals surface area contributed by atoms with Crippen LogP contribution in [-0.4, -0.2) is 39.7 Å². The first-order valence-electron chi connectivity index (χ1n) is 10.3. The van der Waals surface area contributed by atoms with E-state index in [1.165, 1.54) is 0 Å². The molecule has 0 fully saturated rings. The van der Waals surface area contributed by atoms with Crippen molar-refractivity contribution in [1.29, 1.82) is 0 Å². The van der Waals surface area contributed by atoms with Crippen molar-refractivity contribution in [1.82, 2.24) is 20.2 Å². The summed E-state index contributed by atoms with van der Waals surface area (Å²) in [6.07, 6.45) is 1.59. The number of primary amides is 1. The molecule has 9 heteroatoms. The summed E-state index contributed by atoms with van der Waals surface area (Å²) in [7, 11) is 1.62. The fraction of sp³-hybridized carbons (Fsp3) is 0.125. The molecule has 33 heavy (non-hydrogen) atoms. The van der Waals surface area contributed by atoms with Gasteiger partial charge in [-0.3, -0.25) is 4.79 Å². The van der Waals surface area contributed by atoms with E-state index in [4.69, 9.17) is 15.5 Å². The minimum absolute atomic E-state index is 0.0618. The summed E-state index contributed by atoms with van der Waals surface area (Å²) in [5, 5.41) is 11.2. The fourth-order valence-electron chi connectivity index (χ4n) is 3.77. The summed E-state index contributed by atoms with van der Waals surface area (Å²) in [6.45, 7) is 0.272. The molecule has 0 saturated carbocycles. The monoisotopic (exact) mass is 456 g/mol. The number of aromatic nitrogens is 4. The van der Waals surface area contributed by atoms with Gasteiger partial charge in [0.15, 0.2) is 0 Å². The van der Waals surface area contributed by atoms with Crippen molar-refractivity contribution in [3.05, 3.63) is 71.9 Å². The third kappa shape index (κ3) is 4.18. The topological polar surface area (TPSA) is 107 Å². The molecular weight excluding hydrogens is 436 g/mol. The normalized spacial score (nSPS) is 11.1. The Bertz CT molecular complexity index is 1440. The molecule has 2 N–H and O–H groups in total. The molecule has 1 amide bonds. The minimum atomic E-state index is -0.493. The molecule has 0 bridgehead atoms. The Morgan fingerprint density at radius 3 is 2.70 bits per heavy atom. The van der Waals surface area contributed by atoms with Crippen LogP contribution in [-0.2, 0) is 11.3 Å². The molecular formula is C24H20N6O2S. The average molecular weight is 457 g/mol. The maximum Gasteiger partial charge on any atom is 0.246 e. The molecule has 2 aromatic heterocycles. The number of nitrogens with two attached hydrogens (primary N) is 1. The third-order valence-corrected chi connectivity index (χ3v) is 6.23. The predicted octanol–water partition coefficient (Wildman–Crippen LogP) is 3.80. The van der Waals surface area contributed by atoms with Crippen molar-refractivity contribution in [3.8, 4) is 17.0 Å². The maximum atomic E-state index is 11.8. The number of methoxy groups -OCH3 is 1. The smallest absolute Gasteiger partial charge is 0.246 e. The van der Waals surface area contributed by atoms with Crippen molar-refractivity contribution in [3.63, 3.8) is 0 Å². The molecule has 5 aromatic rings. The Hall–Kier alpha value is -4.11. The van der Waals surface area contributed by atoms with E-state index < -0.39 is 5.91 Å². The zero-order chi connectivity index (χ0) is 22.8. The lowest BCUT2D eigenvalue weighted by Crippen LogP contribution is -2.34. The number of amides is 1. The molecule has 0 spiro atoms. The van der Waals surface area contributed by atoms with Crippen LogP contribution < -0.4 is 15.4 Å². The lowest BCUT2D eigenvalue weighted by Gasteiger charge is -2.20. The van der Waals surface area contributed by atoms with Crippen LogP contribution in [0, 0.1) is 0 Å². The molecule has 0 aliphatic rings. The average Bonchev–Trinajstić information content (AvgIpc) is 3.25. The van der Waals surface area contributed by atoms with Crippen LogP contribution in [0.15, 0.2) is 66.9 Å². The van der Waals surface area contributed by atoms with Gasteiger partial charge in [0, 0.05) is 0 Å². The number of hydrogen-bond acceptors (Lipinski definition) is 8. The number of benzene rings is 3. The van der Waals surface area contributed by atoms with E-state index in [9.17, 15) is 4.79 Å². The van der Waals surface area contributed by atoms with Gasteiger partial charge < -0.3 is 15.4 Å². The van der Waals surface area contributed by atoms with Crippen LogP contribution in [0.4, 0.5) is 5.95 Å². The van der Waals surface area contributed by atoms with Crippen LogP contribution in [0.5, 0.6) is 5.75 Å².